The number of rotatable bonds is 6. The molecular weight excluding hydrogens is 381 g/mol. The highest BCUT2D eigenvalue weighted by Gasteiger charge is 2.63. The van der Waals surface area contributed by atoms with Crippen LogP contribution in [0, 0.1) is 0 Å². The van der Waals surface area contributed by atoms with E-state index in [4.69, 9.17) is 0 Å². The molecule has 0 bridgehead atoms. The van der Waals surface area contributed by atoms with Gasteiger partial charge in [0.2, 0.25) is 0 Å². The second-order valence-electron chi connectivity index (χ2n) is 5.47. The van der Waals surface area contributed by atoms with Crippen molar-refractivity contribution in [1.82, 2.24) is 10.4 Å². The highest BCUT2D eigenvalue weighted by atomic mass is 32.1. The maximum atomic E-state index is 14.0. The number of hydrogen-bond acceptors (Lipinski definition) is 7. The highest BCUT2D eigenvalue weighted by molar-refractivity contribution is 7.22. The number of nitrogens with zero attached hydrogens (tertiary/aromatic N) is 1. The van der Waals surface area contributed by atoms with Crippen LogP contribution in [0.2, 0.25) is 0 Å². The number of hydrogen-bond donors (Lipinski definition) is 3. The third-order valence-electron chi connectivity index (χ3n) is 3.67. The van der Waals surface area contributed by atoms with Crippen LogP contribution in [0.15, 0.2) is 54.6 Å². The average Bonchev–Trinajstić information content (AvgIpc) is 3.06. The summed E-state index contributed by atoms with van der Waals surface area (Å²) in [6.45, 7) is 0. The minimum Gasteiger partial charge on any atom is -0.466 e. The molecule has 0 saturated carbocycles. The van der Waals surface area contributed by atoms with Gasteiger partial charge in [0.1, 0.15) is 0 Å². The molecule has 1 aromatic heterocycles. The predicted octanol–water partition coefficient (Wildman–Crippen LogP) is 3.76. The molecule has 0 unspecified atom stereocenters. The standard InChI is InChI=1S/C17H15F3N4O2S/c1-26-14(25)16(17(18,19)20,24-23-11-7-3-2-4-8-11)22-15-21-12-9-5-6-10-13(12)27-15/h2-10,23-24H,1H3,(H,21,22)/t16-/m1/s1. The number of fused-ring (bicyclic) bond motifs is 1. The van der Waals surface area contributed by atoms with E-state index in [0.29, 0.717) is 15.9 Å². The Morgan fingerprint density at radius 3 is 2.37 bits per heavy atom. The van der Waals surface area contributed by atoms with Gasteiger partial charge in [0, 0.05) is 5.69 Å². The molecule has 27 heavy (non-hydrogen) atoms. The first kappa shape index (κ1) is 18.9. The number of aromatic nitrogens is 1. The fourth-order valence-corrected chi connectivity index (χ4v) is 3.24. The van der Waals surface area contributed by atoms with Crippen LogP contribution in [0.1, 0.15) is 0 Å². The number of nitrogens with one attached hydrogen (secondary N) is 3. The number of anilines is 2. The molecule has 3 N–H and O–H groups in total. The normalized spacial score (nSPS) is 13.8. The number of methoxy groups -OCH3 is 1. The van der Waals surface area contributed by atoms with Crippen LogP contribution in [0.25, 0.3) is 10.2 Å². The molecule has 3 rings (SSSR count). The molecule has 142 valence electrons. The van der Waals surface area contributed by atoms with Crippen molar-refractivity contribution in [3.63, 3.8) is 0 Å². The summed E-state index contributed by atoms with van der Waals surface area (Å²) < 4.78 is 47.0. The fraction of sp³-hybridized carbons (Fsp3) is 0.176. The van der Waals surface area contributed by atoms with Gasteiger partial charge < -0.3 is 15.5 Å². The van der Waals surface area contributed by atoms with Gasteiger partial charge in [-0.05, 0) is 24.3 Å². The zero-order valence-corrected chi connectivity index (χ0v) is 14.8. The van der Waals surface area contributed by atoms with Crippen LogP contribution in [-0.2, 0) is 9.53 Å². The number of ether oxygens (including phenoxy) is 1. The van der Waals surface area contributed by atoms with Crippen molar-refractivity contribution in [3.8, 4) is 0 Å². The number of carbonyl (C=O) groups excluding carboxylic acids is 1. The third kappa shape index (κ3) is 3.81. The zero-order chi connectivity index (χ0) is 19.5. The minimum absolute atomic E-state index is 0.0821. The van der Waals surface area contributed by atoms with Gasteiger partial charge >= 0.3 is 17.8 Å². The Bertz CT molecular complexity index is 900. The van der Waals surface area contributed by atoms with Gasteiger partial charge in [-0.25, -0.2) is 9.78 Å². The fourth-order valence-electron chi connectivity index (χ4n) is 2.32. The molecule has 0 aliphatic heterocycles. The molecule has 0 radical (unpaired) electrons. The molecule has 3 aromatic rings. The van der Waals surface area contributed by atoms with Crippen LogP contribution >= 0.6 is 11.3 Å². The third-order valence-corrected chi connectivity index (χ3v) is 4.63. The molecule has 0 aliphatic rings. The second-order valence-corrected chi connectivity index (χ2v) is 6.50. The first-order valence-electron chi connectivity index (χ1n) is 7.73. The Morgan fingerprint density at radius 2 is 1.74 bits per heavy atom. The Morgan fingerprint density at radius 1 is 1.07 bits per heavy atom. The lowest BCUT2D eigenvalue weighted by molar-refractivity contribution is -0.204. The minimum atomic E-state index is -5.04. The summed E-state index contributed by atoms with van der Waals surface area (Å²) in [5.74, 6) is -1.56. The van der Waals surface area contributed by atoms with Gasteiger partial charge in [0.05, 0.1) is 17.3 Å². The molecule has 0 saturated heterocycles. The molecule has 0 amide bonds. The van der Waals surface area contributed by atoms with Crippen molar-refractivity contribution in [3.05, 3.63) is 54.6 Å². The Hall–Kier alpha value is -2.85. The van der Waals surface area contributed by atoms with E-state index in [-0.39, 0.29) is 5.13 Å². The SMILES string of the molecule is COC(=O)[C@](NNc1ccccc1)(Nc1nc2ccccc2s1)C(F)(F)F. The van der Waals surface area contributed by atoms with Crippen LogP contribution < -0.4 is 16.2 Å². The number of benzene rings is 2. The van der Waals surface area contributed by atoms with Crippen molar-refractivity contribution < 1.29 is 22.7 Å². The van der Waals surface area contributed by atoms with E-state index in [0.717, 1.165) is 18.4 Å². The van der Waals surface area contributed by atoms with E-state index in [1.807, 2.05) is 5.43 Å². The Labute approximate surface area is 156 Å². The number of hydrazine groups is 1. The predicted molar refractivity (Wildman–Crippen MR) is 97.2 cm³/mol. The van der Waals surface area contributed by atoms with Gasteiger partial charge in [-0.2, -0.15) is 18.6 Å². The van der Waals surface area contributed by atoms with Crippen LogP contribution in [0.5, 0.6) is 0 Å². The molecule has 0 fully saturated rings. The Kier molecular flexibility index (Phi) is 5.19. The zero-order valence-electron chi connectivity index (χ0n) is 14.0. The van der Waals surface area contributed by atoms with E-state index in [1.54, 1.807) is 54.6 Å². The molecule has 6 nitrogen and oxygen atoms in total. The molecule has 1 heterocycles. The number of para-hydroxylation sites is 2. The van der Waals surface area contributed by atoms with Crippen molar-refractivity contribution in [2.75, 3.05) is 17.9 Å². The van der Waals surface area contributed by atoms with E-state index >= 15 is 0 Å². The molecule has 0 aliphatic carbocycles. The number of halogens is 3. The lowest BCUT2D eigenvalue weighted by Gasteiger charge is -2.34. The highest BCUT2D eigenvalue weighted by Crippen LogP contribution is 2.35. The van der Waals surface area contributed by atoms with Gasteiger partial charge in [-0.1, -0.05) is 41.7 Å². The van der Waals surface area contributed by atoms with Crippen molar-refractivity contribution in [1.29, 1.82) is 0 Å². The Balaban J connectivity index is 1.97. The van der Waals surface area contributed by atoms with Crippen LogP contribution in [0.4, 0.5) is 24.0 Å². The lowest BCUT2D eigenvalue weighted by Crippen LogP contribution is -2.69. The molecular formula is C17H15F3N4O2S. The summed E-state index contributed by atoms with van der Waals surface area (Å²) in [7, 11) is 0.882. The second kappa shape index (κ2) is 7.41. The number of carbonyl (C=O) groups is 1. The summed E-state index contributed by atoms with van der Waals surface area (Å²) >= 11 is 0.992. The number of alkyl halides is 3. The monoisotopic (exact) mass is 396 g/mol. The largest absolute Gasteiger partial charge is 0.466 e. The van der Waals surface area contributed by atoms with E-state index < -0.39 is 17.8 Å². The molecule has 10 heteroatoms. The van der Waals surface area contributed by atoms with Crippen LogP contribution in [0.3, 0.4) is 0 Å². The first-order valence-corrected chi connectivity index (χ1v) is 8.54. The van der Waals surface area contributed by atoms with Crippen molar-refractivity contribution in [2.45, 2.75) is 11.8 Å². The lowest BCUT2D eigenvalue weighted by atomic mass is 10.1. The smallest absolute Gasteiger partial charge is 0.438 e. The topological polar surface area (TPSA) is 75.3 Å². The summed E-state index contributed by atoms with van der Waals surface area (Å²) in [6.07, 6.45) is -5.04. The summed E-state index contributed by atoms with van der Waals surface area (Å²) in [5, 5.41) is 2.09. The quantitative estimate of drug-likeness (QED) is 0.335. The van der Waals surface area contributed by atoms with Crippen molar-refractivity contribution >= 4 is 38.3 Å². The van der Waals surface area contributed by atoms with E-state index in [1.165, 1.54) is 0 Å². The van der Waals surface area contributed by atoms with Crippen molar-refractivity contribution in [2.24, 2.45) is 0 Å². The van der Waals surface area contributed by atoms with Gasteiger partial charge in [-0.15, -0.1) is 0 Å². The first-order chi connectivity index (χ1) is 12.9. The number of esters is 1. The molecule has 1 atom stereocenters. The number of thiazole rings is 1. The molecule has 2 aromatic carbocycles. The summed E-state index contributed by atoms with van der Waals surface area (Å²) in [5.41, 5.74) is 2.05. The maximum Gasteiger partial charge on any atom is 0.438 e. The van der Waals surface area contributed by atoms with E-state index in [2.05, 4.69) is 20.5 Å². The van der Waals surface area contributed by atoms with Gasteiger partial charge in [-0.3, -0.25) is 0 Å². The van der Waals surface area contributed by atoms with Crippen LogP contribution in [-0.4, -0.2) is 29.9 Å². The average molecular weight is 396 g/mol. The maximum absolute atomic E-state index is 14.0. The van der Waals surface area contributed by atoms with Gasteiger partial charge in [0.15, 0.2) is 5.13 Å². The summed E-state index contributed by atoms with van der Waals surface area (Å²) in [6, 6.07) is 14.9. The summed E-state index contributed by atoms with van der Waals surface area (Å²) in [4.78, 5) is 16.3. The van der Waals surface area contributed by atoms with E-state index in [9.17, 15) is 18.0 Å². The van der Waals surface area contributed by atoms with Gasteiger partial charge in [0.25, 0.3) is 0 Å². The molecule has 0 spiro atoms.